The molecule has 0 aliphatic rings. The minimum atomic E-state index is 0.235. The zero-order valence-electron chi connectivity index (χ0n) is 13.8. The first-order valence-electron chi connectivity index (χ1n) is 7.53. The van der Waals surface area contributed by atoms with E-state index in [-0.39, 0.29) is 6.10 Å². The summed E-state index contributed by atoms with van der Waals surface area (Å²) in [4.78, 5) is 2.07. The summed E-state index contributed by atoms with van der Waals surface area (Å²) < 4.78 is 5.56. The largest absolute Gasteiger partial charge is 0.377 e. The number of nitriles is 1. The van der Waals surface area contributed by atoms with Gasteiger partial charge < -0.3 is 15.0 Å². The van der Waals surface area contributed by atoms with Crippen LogP contribution in [0.5, 0.6) is 0 Å². The van der Waals surface area contributed by atoms with E-state index in [1.807, 2.05) is 33.0 Å². The molecule has 0 saturated carbocycles. The number of ether oxygens (including phenoxy) is 1. The standard InChI is InChI=1S/C17H27N3O/c1-13(2)19-12-15-6-7-17(16(10-15)11-18)20(5)8-9-21-14(3)4/h6-7,10,13-14,19H,8-9,12H2,1-5H3. The van der Waals surface area contributed by atoms with E-state index in [1.54, 1.807) is 0 Å². The van der Waals surface area contributed by atoms with Gasteiger partial charge in [0.2, 0.25) is 0 Å². The van der Waals surface area contributed by atoms with Crippen molar-refractivity contribution < 1.29 is 4.74 Å². The number of hydrogen-bond donors (Lipinski definition) is 1. The van der Waals surface area contributed by atoms with Crippen LogP contribution in [-0.2, 0) is 11.3 Å². The highest BCUT2D eigenvalue weighted by molar-refractivity contribution is 5.60. The lowest BCUT2D eigenvalue weighted by Gasteiger charge is -2.21. The Bertz CT molecular complexity index is 477. The SMILES string of the molecule is CC(C)NCc1ccc(N(C)CCOC(C)C)c(C#N)c1. The predicted octanol–water partition coefficient (Wildman–Crippen LogP) is 2.92. The summed E-state index contributed by atoms with van der Waals surface area (Å²) in [6, 6.07) is 8.79. The van der Waals surface area contributed by atoms with E-state index in [4.69, 9.17) is 4.74 Å². The van der Waals surface area contributed by atoms with Gasteiger partial charge in [0, 0.05) is 26.2 Å². The fraction of sp³-hybridized carbons (Fsp3) is 0.588. The maximum absolute atomic E-state index is 9.35. The highest BCUT2D eigenvalue weighted by atomic mass is 16.5. The topological polar surface area (TPSA) is 48.3 Å². The number of likely N-dealkylation sites (N-methyl/N-ethyl adjacent to an activating group) is 1. The van der Waals surface area contributed by atoms with E-state index < -0.39 is 0 Å². The minimum Gasteiger partial charge on any atom is -0.377 e. The van der Waals surface area contributed by atoms with Crippen molar-refractivity contribution in [1.82, 2.24) is 5.32 Å². The molecule has 0 atom stereocenters. The molecule has 1 aromatic carbocycles. The molecule has 0 amide bonds. The molecule has 0 bridgehead atoms. The summed E-state index contributed by atoms with van der Waals surface area (Å²) in [6.07, 6.45) is 0.235. The molecular formula is C17H27N3O. The maximum atomic E-state index is 9.35. The number of rotatable bonds is 8. The van der Waals surface area contributed by atoms with Crippen molar-refractivity contribution in [2.75, 3.05) is 25.1 Å². The van der Waals surface area contributed by atoms with Crippen LogP contribution < -0.4 is 10.2 Å². The number of nitrogens with one attached hydrogen (secondary N) is 1. The molecular weight excluding hydrogens is 262 g/mol. The first-order chi connectivity index (χ1) is 9.93. The summed E-state index contributed by atoms with van der Waals surface area (Å²) in [5.74, 6) is 0. The van der Waals surface area contributed by atoms with Crippen molar-refractivity contribution in [3.63, 3.8) is 0 Å². The lowest BCUT2D eigenvalue weighted by molar-refractivity contribution is 0.0846. The first kappa shape index (κ1) is 17.5. The quantitative estimate of drug-likeness (QED) is 0.799. The number of anilines is 1. The van der Waals surface area contributed by atoms with Gasteiger partial charge in [0.15, 0.2) is 0 Å². The van der Waals surface area contributed by atoms with Crippen LogP contribution in [-0.4, -0.2) is 32.3 Å². The summed E-state index contributed by atoms with van der Waals surface area (Å²) in [5.41, 5.74) is 2.80. The summed E-state index contributed by atoms with van der Waals surface area (Å²) in [7, 11) is 1.99. The second kappa shape index (κ2) is 8.66. The Hall–Kier alpha value is -1.57. The first-order valence-corrected chi connectivity index (χ1v) is 7.53. The zero-order valence-corrected chi connectivity index (χ0v) is 13.8. The van der Waals surface area contributed by atoms with E-state index >= 15 is 0 Å². The molecule has 0 aromatic heterocycles. The third-order valence-corrected chi connectivity index (χ3v) is 3.18. The molecule has 4 nitrogen and oxygen atoms in total. The van der Waals surface area contributed by atoms with Crippen LogP contribution in [0.3, 0.4) is 0 Å². The van der Waals surface area contributed by atoms with Crippen LogP contribution in [0, 0.1) is 11.3 Å². The van der Waals surface area contributed by atoms with Crippen LogP contribution in [0.2, 0.25) is 0 Å². The molecule has 1 aromatic rings. The molecule has 4 heteroatoms. The van der Waals surface area contributed by atoms with Crippen molar-refractivity contribution in [3.8, 4) is 6.07 Å². The third-order valence-electron chi connectivity index (χ3n) is 3.18. The summed E-state index contributed by atoms with van der Waals surface area (Å²) >= 11 is 0. The van der Waals surface area contributed by atoms with Crippen molar-refractivity contribution in [2.45, 2.75) is 46.4 Å². The second-order valence-corrected chi connectivity index (χ2v) is 5.84. The van der Waals surface area contributed by atoms with E-state index in [9.17, 15) is 5.26 Å². The van der Waals surface area contributed by atoms with Crippen molar-refractivity contribution in [2.24, 2.45) is 0 Å². The Morgan fingerprint density at radius 2 is 2.00 bits per heavy atom. The third kappa shape index (κ3) is 6.16. The molecule has 0 heterocycles. The minimum absolute atomic E-state index is 0.235. The highest BCUT2D eigenvalue weighted by Gasteiger charge is 2.09. The lowest BCUT2D eigenvalue weighted by Crippen LogP contribution is -2.25. The van der Waals surface area contributed by atoms with Gasteiger partial charge in [-0.1, -0.05) is 19.9 Å². The van der Waals surface area contributed by atoms with Crippen LogP contribution in [0.15, 0.2) is 18.2 Å². The molecule has 0 aliphatic heterocycles. The molecule has 0 aliphatic carbocycles. The van der Waals surface area contributed by atoms with Gasteiger partial charge in [-0.25, -0.2) is 0 Å². The monoisotopic (exact) mass is 289 g/mol. The van der Waals surface area contributed by atoms with Gasteiger partial charge in [0.05, 0.1) is 24.0 Å². The van der Waals surface area contributed by atoms with E-state index in [1.165, 1.54) is 0 Å². The Kier molecular flexibility index (Phi) is 7.21. The predicted molar refractivity (Wildman–Crippen MR) is 87.5 cm³/mol. The zero-order chi connectivity index (χ0) is 15.8. The van der Waals surface area contributed by atoms with Crippen LogP contribution in [0.25, 0.3) is 0 Å². The van der Waals surface area contributed by atoms with Gasteiger partial charge in [-0.15, -0.1) is 0 Å². The normalized spacial score (nSPS) is 11.0. The van der Waals surface area contributed by atoms with Crippen LogP contribution >= 0.6 is 0 Å². The molecule has 1 rings (SSSR count). The maximum Gasteiger partial charge on any atom is 0.101 e. The van der Waals surface area contributed by atoms with Gasteiger partial charge in [0.1, 0.15) is 6.07 Å². The Labute approximate surface area is 128 Å². The fourth-order valence-electron chi connectivity index (χ4n) is 1.98. The average molecular weight is 289 g/mol. The summed E-state index contributed by atoms with van der Waals surface area (Å²) in [6.45, 7) is 10.5. The molecule has 0 radical (unpaired) electrons. The Balaban J connectivity index is 2.72. The molecule has 116 valence electrons. The van der Waals surface area contributed by atoms with Gasteiger partial charge >= 0.3 is 0 Å². The van der Waals surface area contributed by atoms with Crippen LogP contribution in [0.1, 0.15) is 38.8 Å². The van der Waals surface area contributed by atoms with Gasteiger partial charge in [-0.3, -0.25) is 0 Å². The van der Waals surface area contributed by atoms with Crippen LogP contribution in [0.4, 0.5) is 5.69 Å². The molecule has 1 N–H and O–H groups in total. The van der Waals surface area contributed by atoms with E-state index in [0.29, 0.717) is 18.2 Å². The molecule has 0 fully saturated rings. The van der Waals surface area contributed by atoms with Gasteiger partial charge in [-0.05, 0) is 31.5 Å². The number of nitrogens with zero attached hydrogens (tertiary/aromatic N) is 2. The van der Waals surface area contributed by atoms with E-state index in [0.717, 1.165) is 24.3 Å². The molecule has 0 unspecified atom stereocenters. The highest BCUT2D eigenvalue weighted by Crippen LogP contribution is 2.20. The molecule has 0 spiro atoms. The van der Waals surface area contributed by atoms with E-state index in [2.05, 4.69) is 36.2 Å². The molecule has 21 heavy (non-hydrogen) atoms. The van der Waals surface area contributed by atoms with Gasteiger partial charge in [-0.2, -0.15) is 5.26 Å². The number of benzene rings is 1. The number of hydrogen-bond acceptors (Lipinski definition) is 4. The Morgan fingerprint density at radius 3 is 2.57 bits per heavy atom. The molecule has 0 saturated heterocycles. The van der Waals surface area contributed by atoms with Crippen molar-refractivity contribution in [1.29, 1.82) is 5.26 Å². The Morgan fingerprint density at radius 1 is 1.29 bits per heavy atom. The average Bonchev–Trinajstić information content (AvgIpc) is 2.44. The lowest BCUT2D eigenvalue weighted by atomic mass is 10.1. The second-order valence-electron chi connectivity index (χ2n) is 5.84. The smallest absolute Gasteiger partial charge is 0.101 e. The van der Waals surface area contributed by atoms with Crippen molar-refractivity contribution >= 4 is 5.69 Å². The van der Waals surface area contributed by atoms with Crippen molar-refractivity contribution in [3.05, 3.63) is 29.3 Å². The fourth-order valence-corrected chi connectivity index (χ4v) is 1.98. The summed E-state index contributed by atoms with van der Waals surface area (Å²) in [5, 5.41) is 12.7. The van der Waals surface area contributed by atoms with Gasteiger partial charge in [0.25, 0.3) is 0 Å².